The Hall–Kier alpha value is -2.39. The Labute approximate surface area is 144 Å². The van der Waals surface area contributed by atoms with E-state index in [1.807, 2.05) is 36.4 Å². The van der Waals surface area contributed by atoms with E-state index in [0.29, 0.717) is 0 Å². The topological polar surface area (TPSA) is 38.3 Å². The fourth-order valence-corrected chi connectivity index (χ4v) is 2.78. The second-order valence-electron chi connectivity index (χ2n) is 5.91. The zero-order valence-electron chi connectivity index (χ0n) is 14.3. The molecule has 0 aliphatic carbocycles. The highest BCUT2D eigenvalue weighted by molar-refractivity contribution is 5.66. The summed E-state index contributed by atoms with van der Waals surface area (Å²) in [5.41, 5.74) is 2.38. The average Bonchev–Trinajstić information content (AvgIpc) is 2.60. The minimum absolute atomic E-state index is 0.0518. The van der Waals surface area contributed by atoms with Crippen molar-refractivity contribution < 1.29 is 9.53 Å². The largest absolute Gasteiger partial charge is 0.457 e. The third-order valence-corrected chi connectivity index (χ3v) is 3.99. The lowest BCUT2D eigenvalue weighted by Gasteiger charge is -2.29. The second kappa shape index (κ2) is 9.04. The van der Waals surface area contributed by atoms with Gasteiger partial charge in [0.25, 0.3) is 0 Å². The highest BCUT2D eigenvalue weighted by atomic mass is 16.5. The molecule has 2 aromatic carbocycles. The molecular weight excluding hydrogens is 298 g/mol. The minimum Gasteiger partial charge on any atom is -0.457 e. The molecule has 1 N–H and O–H groups in total. The van der Waals surface area contributed by atoms with Crippen molar-refractivity contribution >= 4 is 5.97 Å². The average molecular weight is 323 g/mol. The normalized spacial score (nSPS) is 14.4. The molecule has 0 fully saturated rings. The van der Waals surface area contributed by atoms with Crippen molar-refractivity contribution in [3.8, 4) is 0 Å². The number of ether oxygens (including phenoxy) is 1. The van der Waals surface area contributed by atoms with Gasteiger partial charge in [0.1, 0.15) is 6.10 Å². The Morgan fingerprint density at radius 1 is 1.12 bits per heavy atom. The van der Waals surface area contributed by atoms with E-state index in [0.717, 1.165) is 6.42 Å². The van der Waals surface area contributed by atoms with Gasteiger partial charge in [-0.05, 0) is 30.5 Å². The van der Waals surface area contributed by atoms with Crippen LogP contribution in [0.3, 0.4) is 0 Å². The van der Waals surface area contributed by atoms with E-state index in [9.17, 15) is 4.79 Å². The predicted octanol–water partition coefficient (Wildman–Crippen LogP) is 4.07. The first-order chi connectivity index (χ1) is 11.6. The summed E-state index contributed by atoms with van der Waals surface area (Å²) < 4.78 is 5.45. The third-order valence-electron chi connectivity index (χ3n) is 3.99. The molecule has 0 saturated carbocycles. The molecule has 3 atom stereocenters. The molecule has 3 heteroatoms. The fraction of sp³-hybridized carbons (Fsp3) is 0.286. The molecule has 0 unspecified atom stereocenters. The molecule has 24 heavy (non-hydrogen) atoms. The number of hydrogen-bond donors (Lipinski definition) is 1. The molecule has 0 aliphatic rings. The van der Waals surface area contributed by atoms with Crippen LogP contribution in [0.1, 0.15) is 31.0 Å². The molecule has 0 aliphatic heterocycles. The van der Waals surface area contributed by atoms with Crippen LogP contribution < -0.4 is 5.32 Å². The van der Waals surface area contributed by atoms with Gasteiger partial charge in [-0.3, -0.25) is 4.79 Å². The van der Waals surface area contributed by atoms with E-state index >= 15 is 0 Å². The summed E-state index contributed by atoms with van der Waals surface area (Å²) in [6, 6.07) is 20.5. The molecular formula is C21H25NO2. The fourth-order valence-electron chi connectivity index (χ4n) is 2.78. The van der Waals surface area contributed by atoms with Crippen LogP contribution in [0.2, 0.25) is 0 Å². The Kier molecular flexibility index (Phi) is 6.76. The summed E-state index contributed by atoms with van der Waals surface area (Å²) in [7, 11) is 0. The molecule has 0 heterocycles. The van der Waals surface area contributed by atoms with Gasteiger partial charge in [-0.25, -0.2) is 0 Å². The molecule has 0 amide bonds. The second-order valence-corrected chi connectivity index (χ2v) is 5.91. The van der Waals surface area contributed by atoms with Gasteiger partial charge in [-0.1, -0.05) is 67.2 Å². The van der Waals surface area contributed by atoms with E-state index < -0.39 is 0 Å². The van der Waals surface area contributed by atoms with Crippen LogP contribution in [-0.4, -0.2) is 18.1 Å². The maximum absolute atomic E-state index is 11.4. The molecule has 2 rings (SSSR count). The standard InChI is InChI=1S/C21H25NO2/c1-4-21(24-17(3)23)20(15-18-11-7-5-8-12-18)22-16(2)19-13-9-6-10-14-19/h4-14,16,20-22H,1,15H2,2-3H3/t16-,20-,21-/m1/s1. The first kappa shape index (κ1) is 18.0. The van der Waals surface area contributed by atoms with Gasteiger partial charge in [0.2, 0.25) is 0 Å². The molecule has 0 spiro atoms. The molecule has 126 valence electrons. The number of carbonyl (C=O) groups is 1. The van der Waals surface area contributed by atoms with E-state index in [2.05, 4.69) is 43.1 Å². The Balaban J connectivity index is 2.17. The molecule has 0 aromatic heterocycles. The van der Waals surface area contributed by atoms with Crippen LogP contribution in [0.5, 0.6) is 0 Å². The van der Waals surface area contributed by atoms with Gasteiger partial charge in [0.05, 0.1) is 6.04 Å². The highest BCUT2D eigenvalue weighted by Gasteiger charge is 2.24. The van der Waals surface area contributed by atoms with Crippen molar-refractivity contribution in [2.45, 2.75) is 38.5 Å². The van der Waals surface area contributed by atoms with Gasteiger partial charge in [-0.15, -0.1) is 0 Å². The molecule has 3 nitrogen and oxygen atoms in total. The molecule has 0 bridgehead atoms. The molecule has 2 aromatic rings. The van der Waals surface area contributed by atoms with Gasteiger partial charge in [-0.2, -0.15) is 0 Å². The lowest BCUT2D eigenvalue weighted by atomic mass is 9.98. The van der Waals surface area contributed by atoms with Crippen LogP contribution in [0.15, 0.2) is 73.3 Å². The third kappa shape index (κ3) is 5.36. The zero-order valence-corrected chi connectivity index (χ0v) is 14.3. The van der Waals surface area contributed by atoms with Crippen molar-refractivity contribution in [1.82, 2.24) is 5.32 Å². The number of rotatable bonds is 8. The van der Waals surface area contributed by atoms with Crippen molar-refractivity contribution in [2.24, 2.45) is 0 Å². The Bertz CT molecular complexity index is 639. The number of hydrogen-bond acceptors (Lipinski definition) is 3. The van der Waals surface area contributed by atoms with E-state index in [1.54, 1.807) is 6.08 Å². The first-order valence-electron chi connectivity index (χ1n) is 8.25. The van der Waals surface area contributed by atoms with E-state index in [-0.39, 0.29) is 24.2 Å². The van der Waals surface area contributed by atoms with Crippen LogP contribution in [-0.2, 0) is 16.0 Å². The van der Waals surface area contributed by atoms with Gasteiger partial charge < -0.3 is 10.1 Å². The zero-order chi connectivity index (χ0) is 17.4. The summed E-state index contributed by atoms with van der Waals surface area (Å²) in [4.78, 5) is 11.4. The summed E-state index contributed by atoms with van der Waals surface area (Å²) in [5, 5.41) is 3.59. The van der Waals surface area contributed by atoms with E-state index in [1.165, 1.54) is 18.1 Å². The number of benzene rings is 2. The highest BCUT2D eigenvalue weighted by Crippen LogP contribution is 2.17. The van der Waals surface area contributed by atoms with Crippen LogP contribution in [0.4, 0.5) is 0 Å². The summed E-state index contributed by atoms with van der Waals surface area (Å²) in [5.74, 6) is -0.299. The number of esters is 1. The van der Waals surface area contributed by atoms with Crippen molar-refractivity contribution in [3.05, 3.63) is 84.4 Å². The summed E-state index contributed by atoms with van der Waals surface area (Å²) >= 11 is 0. The van der Waals surface area contributed by atoms with Crippen LogP contribution in [0, 0.1) is 0 Å². The lowest BCUT2D eigenvalue weighted by molar-refractivity contribution is -0.145. The van der Waals surface area contributed by atoms with Crippen LogP contribution in [0.25, 0.3) is 0 Å². The maximum Gasteiger partial charge on any atom is 0.303 e. The van der Waals surface area contributed by atoms with Crippen molar-refractivity contribution in [1.29, 1.82) is 0 Å². The lowest BCUT2D eigenvalue weighted by Crippen LogP contribution is -2.43. The van der Waals surface area contributed by atoms with Gasteiger partial charge >= 0.3 is 5.97 Å². The maximum atomic E-state index is 11.4. The molecule has 0 saturated heterocycles. The quantitative estimate of drug-likeness (QED) is 0.588. The van der Waals surface area contributed by atoms with Gasteiger partial charge in [0.15, 0.2) is 0 Å². The first-order valence-corrected chi connectivity index (χ1v) is 8.25. The SMILES string of the molecule is C=C[C@@H](OC(C)=O)[C@@H](Cc1ccccc1)N[C@H](C)c1ccccc1. The van der Waals surface area contributed by atoms with Crippen molar-refractivity contribution in [2.75, 3.05) is 0 Å². The van der Waals surface area contributed by atoms with Crippen LogP contribution >= 0.6 is 0 Å². The summed E-state index contributed by atoms with van der Waals surface area (Å²) in [6.45, 7) is 7.38. The number of carbonyl (C=O) groups excluding carboxylic acids is 1. The molecule has 0 radical (unpaired) electrons. The monoisotopic (exact) mass is 323 g/mol. The summed E-state index contributed by atoms with van der Waals surface area (Å²) in [6.07, 6.45) is 2.07. The van der Waals surface area contributed by atoms with E-state index in [4.69, 9.17) is 4.74 Å². The smallest absolute Gasteiger partial charge is 0.303 e. The number of nitrogens with one attached hydrogen (secondary N) is 1. The Morgan fingerprint density at radius 3 is 2.25 bits per heavy atom. The van der Waals surface area contributed by atoms with Gasteiger partial charge in [0, 0.05) is 13.0 Å². The Morgan fingerprint density at radius 2 is 1.71 bits per heavy atom. The van der Waals surface area contributed by atoms with Crippen molar-refractivity contribution in [3.63, 3.8) is 0 Å². The minimum atomic E-state index is -0.381. The predicted molar refractivity (Wildman–Crippen MR) is 97.7 cm³/mol.